The summed E-state index contributed by atoms with van der Waals surface area (Å²) in [6, 6.07) is 12.6. The fraction of sp³-hybridized carbons (Fsp3) is 0.450. The molecule has 0 radical (unpaired) electrons. The van der Waals surface area contributed by atoms with E-state index in [1.54, 1.807) is 11.3 Å². The molecule has 0 bridgehead atoms. The summed E-state index contributed by atoms with van der Waals surface area (Å²) in [4.78, 5) is 11.6. The monoisotopic (exact) mass is 346 g/mol. The van der Waals surface area contributed by atoms with E-state index in [1.807, 2.05) is 6.07 Å². The lowest BCUT2D eigenvalue weighted by molar-refractivity contribution is -0.137. The molecule has 0 fully saturated rings. The fourth-order valence-electron chi connectivity index (χ4n) is 2.90. The Kier molecular flexibility index (Phi) is 7.99. The second-order valence-electron chi connectivity index (χ2n) is 6.16. The van der Waals surface area contributed by atoms with E-state index in [0.29, 0.717) is 12.8 Å². The van der Waals surface area contributed by atoms with Crippen molar-refractivity contribution < 1.29 is 15.0 Å². The number of hydrogen-bond donors (Lipinski definition) is 2. The van der Waals surface area contributed by atoms with Gasteiger partial charge < -0.3 is 10.2 Å². The van der Waals surface area contributed by atoms with Gasteiger partial charge in [0.2, 0.25) is 0 Å². The van der Waals surface area contributed by atoms with Gasteiger partial charge in [0.25, 0.3) is 0 Å². The number of hydrogen-bond acceptors (Lipinski definition) is 3. The number of thiophene rings is 1. The van der Waals surface area contributed by atoms with E-state index < -0.39 is 12.1 Å². The van der Waals surface area contributed by atoms with Gasteiger partial charge in [0.15, 0.2) is 0 Å². The number of aliphatic hydroxyl groups is 1. The summed E-state index contributed by atoms with van der Waals surface area (Å²) < 4.78 is 0. The number of aliphatic hydroxyl groups excluding tert-OH is 1. The quantitative estimate of drug-likeness (QED) is 0.563. The van der Waals surface area contributed by atoms with Crippen LogP contribution in [0.15, 0.2) is 41.8 Å². The van der Waals surface area contributed by atoms with E-state index in [9.17, 15) is 9.90 Å². The van der Waals surface area contributed by atoms with Crippen LogP contribution in [0.2, 0.25) is 0 Å². The molecule has 1 heterocycles. The second-order valence-corrected chi connectivity index (χ2v) is 7.11. The van der Waals surface area contributed by atoms with Crippen LogP contribution >= 0.6 is 11.3 Å². The third kappa shape index (κ3) is 6.46. The standard InChI is InChI=1S/C20H26O3S/c21-18(12-5-2-6-13-19(22)23)20-17(14-15-24-20)11-7-10-16-8-3-1-4-9-16/h1,3-4,8-9,14-15,18,21H,2,5-7,10-13H2,(H,22,23). The number of rotatable bonds is 11. The first kappa shape index (κ1) is 18.7. The van der Waals surface area contributed by atoms with Crippen molar-refractivity contribution in [2.45, 2.75) is 57.5 Å². The molecule has 3 nitrogen and oxygen atoms in total. The van der Waals surface area contributed by atoms with Crippen molar-refractivity contribution in [3.63, 3.8) is 0 Å². The smallest absolute Gasteiger partial charge is 0.303 e. The maximum absolute atomic E-state index is 10.5. The van der Waals surface area contributed by atoms with Crippen molar-refractivity contribution in [3.05, 3.63) is 57.8 Å². The van der Waals surface area contributed by atoms with Gasteiger partial charge in [-0.2, -0.15) is 0 Å². The number of carbonyl (C=O) groups is 1. The molecule has 1 atom stereocenters. The molecule has 0 spiro atoms. The molecule has 0 saturated carbocycles. The third-order valence-corrected chi connectivity index (χ3v) is 5.27. The highest BCUT2D eigenvalue weighted by Gasteiger charge is 2.13. The molecule has 0 aliphatic heterocycles. The van der Waals surface area contributed by atoms with Crippen LogP contribution in [-0.4, -0.2) is 16.2 Å². The largest absolute Gasteiger partial charge is 0.481 e. The number of aryl methyl sites for hydroxylation is 2. The Bertz CT molecular complexity index is 606. The molecule has 0 aliphatic rings. The van der Waals surface area contributed by atoms with Gasteiger partial charge in [-0.1, -0.05) is 43.2 Å². The van der Waals surface area contributed by atoms with Gasteiger partial charge >= 0.3 is 5.97 Å². The average Bonchev–Trinajstić information content (AvgIpc) is 3.04. The SMILES string of the molecule is O=C(O)CCCCCC(O)c1sccc1CCCc1ccccc1. The van der Waals surface area contributed by atoms with Gasteiger partial charge in [-0.05, 0) is 54.7 Å². The van der Waals surface area contributed by atoms with Crippen LogP contribution in [0.4, 0.5) is 0 Å². The van der Waals surface area contributed by atoms with Crippen molar-refractivity contribution in [1.29, 1.82) is 0 Å². The lowest BCUT2D eigenvalue weighted by Gasteiger charge is -2.11. The first-order valence-electron chi connectivity index (χ1n) is 8.67. The summed E-state index contributed by atoms with van der Waals surface area (Å²) in [7, 11) is 0. The Morgan fingerprint density at radius 1 is 1.00 bits per heavy atom. The van der Waals surface area contributed by atoms with Crippen molar-refractivity contribution >= 4 is 17.3 Å². The number of carboxylic acid groups (broad SMARTS) is 1. The predicted octanol–water partition coefficient (Wildman–Crippen LogP) is 4.99. The second kappa shape index (κ2) is 10.3. The summed E-state index contributed by atoms with van der Waals surface area (Å²) in [5.41, 5.74) is 2.61. The molecule has 1 unspecified atom stereocenters. The normalized spacial score (nSPS) is 12.2. The Morgan fingerprint density at radius 3 is 2.54 bits per heavy atom. The first-order chi connectivity index (χ1) is 11.7. The van der Waals surface area contributed by atoms with Gasteiger partial charge in [0, 0.05) is 11.3 Å². The van der Waals surface area contributed by atoms with Crippen molar-refractivity contribution in [3.8, 4) is 0 Å². The molecular weight excluding hydrogens is 320 g/mol. The molecule has 0 saturated heterocycles. The average molecular weight is 346 g/mol. The highest BCUT2D eigenvalue weighted by molar-refractivity contribution is 7.10. The van der Waals surface area contributed by atoms with Crippen LogP contribution in [-0.2, 0) is 17.6 Å². The minimum absolute atomic E-state index is 0.222. The summed E-state index contributed by atoms with van der Waals surface area (Å²) in [6.45, 7) is 0. The molecule has 1 aromatic carbocycles. The van der Waals surface area contributed by atoms with Gasteiger partial charge in [0.05, 0.1) is 6.10 Å². The number of unbranched alkanes of at least 4 members (excludes halogenated alkanes) is 2. The molecule has 0 aliphatic carbocycles. The topological polar surface area (TPSA) is 57.5 Å². The lowest BCUT2D eigenvalue weighted by atomic mass is 10.0. The minimum atomic E-state index is -0.741. The third-order valence-electron chi connectivity index (χ3n) is 4.21. The predicted molar refractivity (Wildman–Crippen MR) is 98.5 cm³/mol. The lowest BCUT2D eigenvalue weighted by Crippen LogP contribution is -2.00. The number of aliphatic carboxylic acids is 1. The van der Waals surface area contributed by atoms with Crippen LogP contribution in [0.1, 0.15) is 60.6 Å². The molecule has 1 aromatic heterocycles. The zero-order valence-electron chi connectivity index (χ0n) is 14.0. The van der Waals surface area contributed by atoms with Crippen molar-refractivity contribution in [1.82, 2.24) is 0 Å². The Balaban J connectivity index is 1.73. The zero-order chi connectivity index (χ0) is 17.2. The molecule has 2 N–H and O–H groups in total. The van der Waals surface area contributed by atoms with Gasteiger partial charge in [-0.3, -0.25) is 4.79 Å². The molecular formula is C20H26O3S. The van der Waals surface area contributed by atoms with Crippen LogP contribution in [0.25, 0.3) is 0 Å². The molecule has 2 aromatic rings. The summed E-state index contributed by atoms with van der Waals surface area (Å²) in [6.07, 6.45) is 6.07. The highest BCUT2D eigenvalue weighted by atomic mass is 32.1. The maximum Gasteiger partial charge on any atom is 0.303 e. The van der Waals surface area contributed by atoms with Crippen LogP contribution in [0.3, 0.4) is 0 Å². The van der Waals surface area contributed by atoms with E-state index in [4.69, 9.17) is 5.11 Å². The maximum atomic E-state index is 10.5. The van der Waals surface area contributed by atoms with Crippen LogP contribution in [0.5, 0.6) is 0 Å². The molecule has 130 valence electrons. The van der Waals surface area contributed by atoms with Crippen LogP contribution in [0, 0.1) is 0 Å². The molecule has 4 heteroatoms. The van der Waals surface area contributed by atoms with Crippen molar-refractivity contribution in [2.75, 3.05) is 0 Å². The summed E-state index contributed by atoms with van der Waals surface area (Å²) in [5.74, 6) is -0.741. The highest BCUT2D eigenvalue weighted by Crippen LogP contribution is 2.29. The molecule has 2 rings (SSSR count). The Hall–Kier alpha value is -1.65. The van der Waals surface area contributed by atoms with E-state index in [2.05, 4.69) is 35.7 Å². The summed E-state index contributed by atoms with van der Waals surface area (Å²) in [5, 5.41) is 21.1. The van der Waals surface area contributed by atoms with Gasteiger partial charge in [-0.15, -0.1) is 11.3 Å². The van der Waals surface area contributed by atoms with Gasteiger partial charge in [0.1, 0.15) is 0 Å². The van der Waals surface area contributed by atoms with Crippen molar-refractivity contribution in [2.24, 2.45) is 0 Å². The Morgan fingerprint density at radius 2 is 1.79 bits per heavy atom. The first-order valence-corrected chi connectivity index (χ1v) is 9.55. The van der Waals surface area contributed by atoms with E-state index in [-0.39, 0.29) is 6.42 Å². The van der Waals surface area contributed by atoms with Crippen LogP contribution < -0.4 is 0 Å². The zero-order valence-corrected chi connectivity index (χ0v) is 14.8. The molecule has 0 amide bonds. The van der Waals surface area contributed by atoms with E-state index >= 15 is 0 Å². The minimum Gasteiger partial charge on any atom is -0.481 e. The summed E-state index contributed by atoms with van der Waals surface area (Å²) >= 11 is 1.63. The number of benzene rings is 1. The fourth-order valence-corrected chi connectivity index (χ4v) is 3.87. The Labute approximate surface area is 148 Å². The van der Waals surface area contributed by atoms with E-state index in [0.717, 1.165) is 37.0 Å². The van der Waals surface area contributed by atoms with Gasteiger partial charge in [-0.25, -0.2) is 0 Å². The number of carboxylic acids is 1. The van der Waals surface area contributed by atoms with E-state index in [1.165, 1.54) is 11.1 Å². The molecule has 24 heavy (non-hydrogen) atoms.